The maximum atomic E-state index is 5.47. The molecule has 1 N–H and O–H groups in total. The van der Waals surface area contributed by atoms with Crippen LogP contribution < -0.4 is 24.4 Å². The van der Waals surface area contributed by atoms with E-state index in [2.05, 4.69) is 15.5 Å². The molecule has 7 nitrogen and oxygen atoms in total. The molecule has 3 heterocycles. The lowest BCUT2D eigenvalue weighted by molar-refractivity contribution is 0.173. The van der Waals surface area contributed by atoms with Gasteiger partial charge < -0.3 is 18.9 Å². The molecule has 7 heteroatoms. The molecule has 2 aromatic carbocycles. The van der Waals surface area contributed by atoms with E-state index in [1.807, 2.05) is 43.3 Å². The number of hydrogen-bond acceptors (Lipinski definition) is 7. The van der Waals surface area contributed by atoms with E-state index in [0.717, 1.165) is 39.3 Å². The molecule has 0 saturated heterocycles. The molecule has 0 spiro atoms. The number of fused-ring (bicyclic) bond motifs is 3. The van der Waals surface area contributed by atoms with Gasteiger partial charge in [0.2, 0.25) is 13.6 Å². The summed E-state index contributed by atoms with van der Waals surface area (Å²) in [5.74, 6) is 2.91. The van der Waals surface area contributed by atoms with Crippen LogP contribution in [-0.2, 0) is 0 Å². The van der Waals surface area contributed by atoms with Crippen molar-refractivity contribution in [2.24, 2.45) is 5.10 Å². The number of pyridine rings is 1. The predicted octanol–water partition coefficient (Wildman–Crippen LogP) is 3.45. The van der Waals surface area contributed by atoms with Crippen LogP contribution in [0.25, 0.3) is 10.9 Å². The Kier molecular flexibility index (Phi) is 3.31. The molecule has 0 amide bonds. The zero-order valence-corrected chi connectivity index (χ0v) is 14.0. The molecule has 5 rings (SSSR count). The third-order valence-corrected chi connectivity index (χ3v) is 4.23. The first kappa shape index (κ1) is 14.8. The van der Waals surface area contributed by atoms with Crippen molar-refractivity contribution < 1.29 is 18.9 Å². The fourth-order valence-electron chi connectivity index (χ4n) is 3.01. The molecule has 0 aliphatic carbocycles. The maximum absolute atomic E-state index is 5.47. The summed E-state index contributed by atoms with van der Waals surface area (Å²) in [7, 11) is 0. The molecular formula is C19H15N3O4. The second-order valence-electron chi connectivity index (χ2n) is 6.02. The van der Waals surface area contributed by atoms with Gasteiger partial charge in [0.05, 0.1) is 17.4 Å². The van der Waals surface area contributed by atoms with Crippen molar-refractivity contribution >= 4 is 22.8 Å². The third-order valence-electron chi connectivity index (χ3n) is 4.23. The summed E-state index contributed by atoms with van der Waals surface area (Å²) in [6.45, 7) is 2.43. The monoisotopic (exact) mass is 349 g/mol. The molecule has 130 valence electrons. The summed E-state index contributed by atoms with van der Waals surface area (Å²) >= 11 is 0. The lowest BCUT2D eigenvalue weighted by Gasteiger charge is -2.08. The van der Waals surface area contributed by atoms with Crippen LogP contribution in [0.1, 0.15) is 11.3 Å². The summed E-state index contributed by atoms with van der Waals surface area (Å²) in [5.41, 5.74) is 6.57. The molecule has 26 heavy (non-hydrogen) atoms. The van der Waals surface area contributed by atoms with E-state index in [-0.39, 0.29) is 13.6 Å². The van der Waals surface area contributed by atoms with Gasteiger partial charge in [-0.05, 0) is 42.8 Å². The van der Waals surface area contributed by atoms with Crippen molar-refractivity contribution in [2.75, 3.05) is 19.0 Å². The second kappa shape index (κ2) is 5.80. The van der Waals surface area contributed by atoms with Gasteiger partial charge in [-0.2, -0.15) is 5.10 Å². The van der Waals surface area contributed by atoms with Gasteiger partial charge in [-0.1, -0.05) is 0 Å². The number of ether oxygens (including phenoxy) is 4. The normalized spacial score (nSPS) is 14.3. The first-order chi connectivity index (χ1) is 12.8. The lowest BCUT2D eigenvalue weighted by Crippen LogP contribution is -1.95. The highest BCUT2D eigenvalue weighted by Gasteiger charge is 2.17. The Balaban J connectivity index is 1.45. The van der Waals surface area contributed by atoms with Gasteiger partial charge in [-0.25, -0.2) is 0 Å². The van der Waals surface area contributed by atoms with E-state index in [0.29, 0.717) is 11.5 Å². The molecule has 0 fully saturated rings. The Hall–Kier alpha value is -3.48. The summed E-state index contributed by atoms with van der Waals surface area (Å²) in [5, 5.41) is 5.27. The van der Waals surface area contributed by atoms with Gasteiger partial charge in [0.25, 0.3) is 0 Å². The summed E-state index contributed by atoms with van der Waals surface area (Å²) in [4.78, 5) is 4.56. The largest absolute Gasteiger partial charge is 0.454 e. The van der Waals surface area contributed by atoms with Crippen LogP contribution in [0.4, 0.5) is 5.69 Å². The number of hydrogen-bond donors (Lipinski definition) is 1. The minimum Gasteiger partial charge on any atom is -0.454 e. The first-order valence-corrected chi connectivity index (χ1v) is 8.16. The zero-order chi connectivity index (χ0) is 17.5. The van der Waals surface area contributed by atoms with Gasteiger partial charge in [0, 0.05) is 17.1 Å². The van der Waals surface area contributed by atoms with Crippen molar-refractivity contribution in [3.8, 4) is 23.0 Å². The highest BCUT2D eigenvalue weighted by atomic mass is 16.7. The summed E-state index contributed by atoms with van der Waals surface area (Å²) < 4.78 is 21.6. The Bertz CT molecular complexity index is 1050. The number of nitrogens with zero attached hydrogens (tertiary/aromatic N) is 2. The molecule has 0 atom stereocenters. The molecule has 0 bridgehead atoms. The van der Waals surface area contributed by atoms with Gasteiger partial charge >= 0.3 is 0 Å². The Morgan fingerprint density at radius 2 is 1.65 bits per heavy atom. The van der Waals surface area contributed by atoms with Crippen LogP contribution in [0.5, 0.6) is 23.0 Å². The molecular weight excluding hydrogens is 334 g/mol. The quantitative estimate of drug-likeness (QED) is 0.577. The fourth-order valence-corrected chi connectivity index (χ4v) is 3.01. The summed E-state index contributed by atoms with van der Waals surface area (Å²) in [6, 6.07) is 11.4. The van der Waals surface area contributed by atoms with E-state index < -0.39 is 0 Å². The Morgan fingerprint density at radius 1 is 0.923 bits per heavy atom. The van der Waals surface area contributed by atoms with Crippen molar-refractivity contribution in [2.45, 2.75) is 6.92 Å². The fraction of sp³-hybridized carbons (Fsp3) is 0.158. The van der Waals surface area contributed by atoms with Crippen LogP contribution in [0.2, 0.25) is 0 Å². The lowest BCUT2D eigenvalue weighted by atomic mass is 10.1. The Morgan fingerprint density at radius 3 is 2.50 bits per heavy atom. The first-order valence-electron chi connectivity index (χ1n) is 8.16. The van der Waals surface area contributed by atoms with E-state index in [9.17, 15) is 0 Å². The molecule has 2 aliphatic heterocycles. The van der Waals surface area contributed by atoms with Gasteiger partial charge in [0.1, 0.15) is 0 Å². The summed E-state index contributed by atoms with van der Waals surface area (Å²) in [6.07, 6.45) is 1.73. The molecule has 3 aromatic rings. The van der Waals surface area contributed by atoms with Crippen molar-refractivity contribution in [3.05, 3.63) is 47.7 Å². The van der Waals surface area contributed by atoms with Crippen molar-refractivity contribution in [1.29, 1.82) is 0 Å². The molecule has 0 saturated carbocycles. The minimum absolute atomic E-state index is 0.232. The molecule has 2 aliphatic rings. The third kappa shape index (κ3) is 2.54. The van der Waals surface area contributed by atoms with Gasteiger partial charge in [0.15, 0.2) is 23.0 Å². The minimum atomic E-state index is 0.232. The second-order valence-corrected chi connectivity index (χ2v) is 6.02. The number of nitrogens with one attached hydrogen (secondary N) is 1. The highest BCUT2D eigenvalue weighted by Crippen LogP contribution is 2.38. The topological polar surface area (TPSA) is 74.2 Å². The van der Waals surface area contributed by atoms with E-state index in [1.54, 1.807) is 6.21 Å². The average Bonchev–Trinajstić information content (AvgIpc) is 3.28. The van der Waals surface area contributed by atoms with Gasteiger partial charge in [-0.15, -0.1) is 0 Å². The number of anilines is 1. The van der Waals surface area contributed by atoms with Crippen LogP contribution in [0.15, 0.2) is 41.5 Å². The zero-order valence-electron chi connectivity index (χ0n) is 14.0. The number of rotatable bonds is 3. The van der Waals surface area contributed by atoms with E-state index >= 15 is 0 Å². The SMILES string of the molecule is Cc1cc(N/N=C\c2ccc3c(c2)OCO3)c2cc3c(cc2n1)OCO3. The molecule has 1 aromatic heterocycles. The highest BCUT2D eigenvalue weighted by molar-refractivity contribution is 5.94. The average molecular weight is 349 g/mol. The molecule has 0 unspecified atom stereocenters. The van der Waals surface area contributed by atoms with E-state index in [1.165, 1.54) is 0 Å². The maximum Gasteiger partial charge on any atom is 0.231 e. The number of aromatic nitrogens is 1. The van der Waals surface area contributed by atoms with E-state index in [4.69, 9.17) is 18.9 Å². The van der Waals surface area contributed by atoms with Crippen LogP contribution >= 0.6 is 0 Å². The van der Waals surface area contributed by atoms with Crippen LogP contribution in [-0.4, -0.2) is 24.8 Å². The Labute approximate surface area is 149 Å². The van der Waals surface area contributed by atoms with Crippen molar-refractivity contribution in [3.63, 3.8) is 0 Å². The van der Waals surface area contributed by atoms with Crippen LogP contribution in [0.3, 0.4) is 0 Å². The van der Waals surface area contributed by atoms with Crippen molar-refractivity contribution in [1.82, 2.24) is 4.98 Å². The predicted molar refractivity (Wildman–Crippen MR) is 96.4 cm³/mol. The number of aryl methyl sites for hydroxylation is 1. The number of hydrazone groups is 1. The van der Waals surface area contributed by atoms with Gasteiger partial charge in [-0.3, -0.25) is 10.4 Å². The standard InChI is InChI=1S/C19H15N3O4/c1-11-4-15(13-6-18-19(26-10-25-18)7-14(13)21-11)22-20-8-12-2-3-16-17(5-12)24-9-23-16/h2-8H,9-10H2,1H3,(H,21,22)/b20-8-. The van der Waals surface area contributed by atoms with Crippen LogP contribution in [0, 0.1) is 6.92 Å². The number of benzene rings is 2. The smallest absolute Gasteiger partial charge is 0.231 e. The molecule has 0 radical (unpaired) electrons.